The molecule has 2 aromatic rings. The fraction of sp³-hybridized carbons (Fsp3) is 0.318. The summed E-state index contributed by atoms with van der Waals surface area (Å²) in [6, 6.07) is 12.1. The van der Waals surface area contributed by atoms with Gasteiger partial charge in [-0.2, -0.15) is 8.78 Å². The van der Waals surface area contributed by atoms with Crippen LogP contribution in [0.4, 0.5) is 23.7 Å². The van der Waals surface area contributed by atoms with Gasteiger partial charge in [0.2, 0.25) is 0 Å². The third kappa shape index (κ3) is 6.45. The molecule has 2 aromatic carbocycles. The van der Waals surface area contributed by atoms with E-state index in [0.29, 0.717) is 30.9 Å². The highest BCUT2D eigenvalue weighted by atomic mass is 19.3. The Morgan fingerprint density at radius 1 is 1.06 bits per heavy atom. The van der Waals surface area contributed by atoms with E-state index in [1.165, 1.54) is 12.1 Å². The highest BCUT2D eigenvalue weighted by Gasteiger charge is 2.30. The molecule has 11 heteroatoms. The molecule has 3 N–H and O–H groups in total. The number of rotatable bonds is 5. The number of amides is 4. The molecule has 0 aromatic heterocycles. The number of nitrogens with zero attached hydrogens (tertiary/aromatic N) is 2. The molecular weight excluding hydrogens is 439 g/mol. The largest absolute Gasteiger partial charge is 0.322 e. The van der Waals surface area contributed by atoms with Crippen molar-refractivity contribution in [3.8, 4) is 0 Å². The lowest BCUT2D eigenvalue weighted by Gasteiger charge is -2.40. The number of hydrogen-bond acceptors (Lipinski definition) is 4. The maximum Gasteiger partial charge on any atom is 0.322 e. The van der Waals surface area contributed by atoms with Crippen LogP contribution in [0.2, 0.25) is 0 Å². The third-order valence-corrected chi connectivity index (χ3v) is 5.24. The molecular formula is C22H24F3N5O3. The summed E-state index contributed by atoms with van der Waals surface area (Å²) in [4.78, 5) is 39.4. The fourth-order valence-electron chi connectivity index (χ4n) is 3.52. The van der Waals surface area contributed by atoms with Crippen LogP contribution in [0.5, 0.6) is 0 Å². The Kier molecular flexibility index (Phi) is 7.88. The number of anilines is 1. The molecule has 1 heterocycles. The van der Waals surface area contributed by atoms with Crippen LogP contribution in [0.15, 0.2) is 48.5 Å². The standard InChI is InChI=1S/C22H24F3N5O3/c1-29-9-10-30(22(33)26-16-5-3-2-4-6-16)17(13-29)11-14-7-8-15(12-18(14)23)20(31)27-28-21(32)19(24)25/h2-8,12,17,19H,9-11,13H2,1H3,(H,26,33)(H,27,31)(H,28,32). The Morgan fingerprint density at radius 3 is 2.45 bits per heavy atom. The number of para-hydroxylation sites is 1. The SMILES string of the molecule is CN1CCN(C(=O)Nc2ccccc2)C(Cc2ccc(C(=O)NNC(=O)C(F)F)cc2F)C1. The molecule has 1 aliphatic heterocycles. The van der Waals surface area contributed by atoms with Crippen molar-refractivity contribution in [2.75, 3.05) is 32.0 Å². The van der Waals surface area contributed by atoms with Crippen molar-refractivity contribution in [1.82, 2.24) is 20.7 Å². The van der Waals surface area contributed by atoms with Crippen LogP contribution in [-0.2, 0) is 11.2 Å². The predicted molar refractivity (Wildman–Crippen MR) is 115 cm³/mol. The fourth-order valence-corrected chi connectivity index (χ4v) is 3.52. The quantitative estimate of drug-likeness (QED) is 0.593. The van der Waals surface area contributed by atoms with Gasteiger partial charge in [-0.25, -0.2) is 9.18 Å². The Labute approximate surface area is 188 Å². The van der Waals surface area contributed by atoms with E-state index >= 15 is 0 Å². The molecule has 0 spiro atoms. The minimum Gasteiger partial charge on any atom is -0.319 e. The summed E-state index contributed by atoms with van der Waals surface area (Å²) in [6.07, 6.45) is -3.08. The summed E-state index contributed by atoms with van der Waals surface area (Å²) in [7, 11) is 1.91. The second-order valence-corrected chi connectivity index (χ2v) is 7.66. The molecule has 176 valence electrons. The molecule has 0 bridgehead atoms. The molecule has 3 rings (SSSR count). The van der Waals surface area contributed by atoms with E-state index in [1.807, 2.05) is 30.1 Å². The topological polar surface area (TPSA) is 93.8 Å². The smallest absolute Gasteiger partial charge is 0.319 e. The molecule has 1 saturated heterocycles. The van der Waals surface area contributed by atoms with Crippen LogP contribution in [0.3, 0.4) is 0 Å². The van der Waals surface area contributed by atoms with E-state index in [4.69, 9.17) is 0 Å². The first kappa shape index (κ1) is 24.1. The summed E-state index contributed by atoms with van der Waals surface area (Å²) in [5, 5.41) is 2.85. The molecule has 8 nitrogen and oxygen atoms in total. The van der Waals surface area contributed by atoms with E-state index in [2.05, 4.69) is 5.32 Å². The average molecular weight is 463 g/mol. The first-order chi connectivity index (χ1) is 15.7. The Hall–Kier alpha value is -3.60. The highest BCUT2D eigenvalue weighted by molar-refractivity contribution is 5.95. The van der Waals surface area contributed by atoms with Crippen molar-refractivity contribution in [1.29, 1.82) is 0 Å². The van der Waals surface area contributed by atoms with Crippen molar-refractivity contribution in [3.05, 3.63) is 65.5 Å². The normalized spacial score (nSPS) is 16.4. The van der Waals surface area contributed by atoms with Crippen LogP contribution in [0, 0.1) is 5.82 Å². The number of halogens is 3. The molecule has 33 heavy (non-hydrogen) atoms. The maximum atomic E-state index is 14.7. The molecule has 1 unspecified atom stereocenters. The van der Waals surface area contributed by atoms with Crippen molar-refractivity contribution < 1.29 is 27.6 Å². The molecule has 4 amide bonds. The van der Waals surface area contributed by atoms with E-state index in [9.17, 15) is 27.6 Å². The third-order valence-electron chi connectivity index (χ3n) is 5.24. The van der Waals surface area contributed by atoms with Crippen molar-refractivity contribution >= 4 is 23.5 Å². The Balaban J connectivity index is 1.68. The maximum absolute atomic E-state index is 14.7. The zero-order valence-electron chi connectivity index (χ0n) is 17.9. The van der Waals surface area contributed by atoms with Gasteiger partial charge in [0.15, 0.2) is 0 Å². The molecule has 0 radical (unpaired) electrons. The number of alkyl halides is 2. The van der Waals surface area contributed by atoms with Gasteiger partial charge >= 0.3 is 18.4 Å². The van der Waals surface area contributed by atoms with E-state index < -0.39 is 24.1 Å². The molecule has 1 atom stereocenters. The van der Waals surface area contributed by atoms with Gasteiger partial charge in [-0.3, -0.25) is 20.4 Å². The summed E-state index contributed by atoms with van der Waals surface area (Å²) < 4.78 is 39.1. The molecule has 0 aliphatic carbocycles. The first-order valence-electron chi connectivity index (χ1n) is 10.2. The number of urea groups is 1. The summed E-state index contributed by atoms with van der Waals surface area (Å²) in [6.45, 7) is 1.67. The Morgan fingerprint density at radius 2 is 1.79 bits per heavy atom. The van der Waals surface area contributed by atoms with Gasteiger partial charge in [0.1, 0.15) is 5.82 Å². The van der Waals surface area contributed by atoms with E-state index in [1.54, 1.807) is 27.9 Å². The lowest BCUT2D eigenvalue weighted by Crippen LogP contribution is -2.56. The number of carbonyl (C=O) groups is 3. The minimum absolute atomic E-state index is 0.148. The molecule has 1 fully saturated rings. The van der Waals surface area contributed by atoms with Gasteiger partial charge in [0.25, 0.3) is 5.91 Å². The number of hydrogen-bond donors (Lipinski definition) is 3. The second-order valence-electron chi connectivity index (χ2n) is 7.66. The zero-order chi connectivity index (χ0) is 24.0. The van der Waals surface area contributed by atoms with Gasteiger partial charge in [0.05, 0.1) is 6.04 Å². The first-order valence-corrected chi connectivity index (χ1v) is 10.2. The zero-order valence-corrected chi connectivity index (χ0v) is 17.9. The van der Waals surface area contributed by atoms with Gasteiger partial charge in [0, 0.05) is 30.9 Å². The summed E-state index contributed by atoms with van der Waals surface area (Å²) in [5.41, 5.74) is 4.16. The monoisotopic (exact) mass is 463 g/mol. The van der Waals surface area contributed by atoms with Gasteiger partial charge in [-0.15, -0.1) is 0 Å². The van der Waals surface area contributed by atoms with Crippen molar-refractivity contribution in [2.24, 2.45) is 0 Å². The predicted octanol–water partition coefficient (Wildman–Crippen LogP) is 2.24. The van der Waals surface area contributed by atoms with Gasteiger partial charge in [-0.05, 0) is 43.3 Å². The summed E-state index contributed by atoms with van der Waals surface area (Å²) in [5.74, 6) is -3.29. The minimum atomic E-state index is -3.29. The lowest BCUT2D eigenvalue weighted by atomic mass is 10.0. The summed E-state index contributed by atoms with van der Waals surface area (Å²) >= 11 is 0. The second kappa shape index (κ2) is 10.8. The molecule has 1 aliphatic rings. The average Bonchev–Trinajstić information content (AvgIpc) is 2.79. The van der Waals surface area contributed by atoms with Gasteiger partial charge in [-0.1, -0.05) is 24.3 Å². The van der Waals surface area contributed by atoms with Crippen LogP contribution < -0.4 is 16.2 Å². The lowest BCUT2D eigenvalue weighted by molar-refractivity contribution is -0.132. The van der Waals surface area contributed by atoms with Crippen LogP contribution >= 0.6 is 0 Å². The number of nitrogens with one attached hydrogen (secondary N) is 3. The van der Waals surface area contributed by atoms with Crippen molar-refractivity contribution in [2.45, 2.75) is 18.9 Å². The number of hydrazine groups is 1. The van der Waals surface area contributed by atoms with Crippen LogP contribution in [-0.4, -0.2) is 66.8 Å². The number of carbonyl (C=O) groups excluding carboxylic acids is 3. The van der Waals surface area contributed by atoms with Crippen LogP contribution in [0.1, 0.15) is 15.9 Å². The van der Waals surface area contributed by atoms with E-state index in [0.717, 1.165) is 6.07 Å². The number of benzene rings is 2. The van der Waals surface area contributed by atoms with E-state index in [-0.39, 0.29) is 24.1 Å². The van der Waals surface area contributed by atoms with Crippen molar-refractivity contribution in [3.63, 3.8) is 0 Å². The number of likely N-dealkylation sites (N-methyl/N-ethyl adjacent to an activating group) is 1. The number of piperazine rings is 1. The van der Waals surface area contributed by atoms with Crippen LogP contribution in [0.25, 0.3) is 0 Å². The Bertz CT molecular complexity index is 1010. The van der Waals surface area contributed by atoms with Gasteiger partial charge < -0.3 is 15.1 Å². The molecule has 0 saturated carbocycles. The highest BCUT2D eigenvalue weighted by Crippen LogP contribution is 2.19.